The van der Waals surface area contributed by atoms with E-state index in [4.69, 9.17) is 0 Å². The number of anilines is 1. The quantitative estimate of drug-likeness (QED) is 0.563. The fourth-order valence-electron chi connectivity index (χ4n) is 3.90. The van der Waals surface area contributed by atoms with Crippen LogP contribution in [-0.4, -0.2) is 43.5 Å². The van der Waals surface area contributed by atoms with Gasteiger partial charge in [-0.1, -0.05) is 0 Å². The van der Waals surface area contributed by atoms with E-state index in [1.54, 1.807) is 41.6 Å². The van der Waals surface area contributed by atoms with Crippen molar-refractivity contribution in [1.29, 1.82) is 0 Å². The van der Waals surface area contributed by atoms with Gasteiger partial charge in [0.1, 0.15) is 11.3 Å². The number of benzene rings is 1. The van der Waals surface area contributed by atoms with Crippen molar-refractivity contribution in [2.24, 2.45) is 0 Å². The van der Waals surface area contributed by atoms with Crippen LogP contribution in [0.15, 0.2) is 61.2 Å². The number of halogens is 3. The molecular formula is C21H16F3N5O3. The molecule has 3 amide bonds. The van der Waals surface area contributed by atoms with Gasteiger partial charge in [-0.05, 0) is 49.2 Å². The van der Waals surface area contributed by atoms with Gasteiger partial charge in [-0.15, -0.1) is 13.2 Å². The van der Waals surface area contributed by atoms with Crippen LogP contribution < -0.4 is 9.64 Å². The Bertz CT molecular complexity index is 1170. The number of carbonyl (C=O) groups excluding carboxylic acids is 2. The second-order valence-corrected chi connectivity index (χ2v) is 7.54. The number of nitrogens with zero attached hydrogens (tertiary/aromatic N) is 5. The minimum absolute atomic E-state index is 0.161. The maximum atomic E-state index is 13.3. The smallest absolute Gasteiger partial charge is 0.406 e. The Balaban J connectivity index is 1.43. The third-order valence-electron chi connectivity index (χ3n) is 5.56. The molecule has 2 fully saturated rings. The van der Waals surface area contributed by atoms with Crippen LogP contribution in [0.2, 0.25) is 0 Å². The Kier molecular flexibility index (Phi) is 4.43. The molecule has 0 N–H and O–H groups in total. The standard InChI is InChI=1S/C21H16F3N5O3/c22-21(23,24)32-16-4-2-15(3-5-16)29-18(30)20(7-8-20)27(19(29)31)13-14-6-10-25-12-17(14)28-11-1-9-26-28/h1-6,9-12H,7-8,13H2. The van der Waals surface area contributed by atoms with E-state index >= 15 is 0 Å². The first-order chi connectivity index (χ1) is 15.3. The molecule has 0 radical (unpaired) electrons. The first-order valence-corrected chi connectivity index (χ1v) is 9.73. The molecule has 1 spiro atoms. The molecule has 164 valence electrons. The number of ether oxygens (including phenoxy) is 1. The van der Waals surface area contributed by atoms with E-state index in [9.17, 15) is 22.8 Å². The first-order valence-electron chi connectivity index (χ1n) is 9.73. The number of alkyl halides is 3. The average molecular weight is 443 g/mol. The zero-order chi connectivity index (χ0) is 22.5. The predicted molar refractivity (Wildman–Crippen MR) is 105 cm³/mol. The molecule has 2 aliphatic rings. The summed E-state index contributed by atoms with van der Waals surface area (Å²) in [7, 11) is 0. The van der Waals surface area contributed by atoms with Crippen LogP contribution in [0, 0.1) is 0 Å². The van der Waals surface area contributed by atoms with E-state index < -0.39 is 23.7 Å². The molecule has 0 bridgehead atoms. The summed E-state index contributed by atoms with van der Waals surface area (Å²) in [6.07, 6.45) is 2.81. The van der Waals surface area contributed by atoms with E-state index in [0.29, 0.717) is 18.5 Å². The maximum Gasteiger partial charge on any atom is 0.573 e. The highest BCUT2D eigenvalue weighted by molar-refractivity contribution is 6.24. The topological polar surface area (TPSA) is 80.6 Å². The molecule has 1 aromatic carbocycles. The van der Waals surface area contributed by atoms with Gasteiger partial charge >= 0.3 is 12.4 Å². The van der Waals surface area contributed by atoms with Crippen LogP contribution in [-0.2, 0) is 11.3 Å². The van der Waals surface area contributed by atoms with Crippen molar-refractivity contribution >= 4 is 17.6 Å². The molecule has 1 saturated heterocycles. The number of aromatic nitrogens is 3. The number of amides is 3. The van der Waals surface area contributed by atoms with Crippen molar-refractivity contribution < 1.29 is 27.5 Å². The Morgan fingerprint density at radius 3 is 2.44 bits per heavy atom. The molecule has 1 aliphatic carbocycles. The zero-order valence-corrected chi connectivity index (χ0v) is 16.5. The molecule has 32 heavy (non-hydrogen) atoms. The van der Waals surface area contributed by atoms with E-state index in [-0.39, 0.29) is 18.1 Å². The summed E-state index contributed by atoms with van der Waals surface area (Å²) in [5.74, 6) is -0.819. The molecule has 11 heteroatoms. The summed E-state index contributed by atoms with van der Waals surface area (Å²) in [5, 5.41) is 4.21. The van der Waals surface area contributed by atoms with E-state index in [1.807, 2.05) is 0 Å². The van der Waals surface area contributed by atoms with Crippen molar-refractivity contribution in [3.8, 4) is 11.4 Å². The van der Waals surface area contributed by atoms with Gasteiger partial charge in [0.15, 0.2) is 0 Å². The molecule has 8 nitrogen and oxygen atoms in total. The summed E-state index contributed by atoms with van der Waals surface area (Å²) in [6, 6.07) is 7.67. The molecular weight excluding hydrogens is 427 g/mol. The second-order valence-electron chi connectivity index (χ2n) is 7.54. The van der Waals surface area contributed by atoms with Gasteiger partial charge in [0, 0.05) is 24.2 Å². The second kappa shape index (κ2) is 7.08. The molecule has 5 rings (SSSR count). The van der Waals surface area contributed by atoms with E-state index in [1.165, 1.54) is 17.0 Å². The minimum atomic E-state index is -4.83. The number of hydrogen-bond acceptors (Lipinski definition) is 5. The largest absolute Gasteiger partial charge is 0.573 e. The summed E-state index contributed by atoms with van der Waals surface area (Å²) >= 11 is 0. The predicted octanol–water partition coefficient (Wildman–Crippen LogP) is 3.67. The average Bonchev–Trinajstić information content (AvgIpc) is 3.31. The normalized spacial score (nSPS) is 17.3. The van der Waals surface area contributed by atoms with Gasteiger partial charge in [-0.3, -0.25) is 9.78 Å². The third-order valence-corrected chi connectivity index (χ3v) is 5.56. The molecule has 2 aromatic heterocycles. The first kappa shape index (κ1) is 20.0. The lowest BCUT2D eigenvalue weighted by atomic mass is 10.1. The molecule has 1 saturated carbocycles. The Labute approximate surface area is 179 Å². The molecule has 3 heterocycles. The Hall–Kier alpha value is -3.89. The van der Waals surface area contributed by atoms with Gasteiger partial charge in [0.2, 0.25) is 0 Å². The lowest BCUT2D eigenvalue weighted by Gasteiger charge is -2.22. The van der Waals surface area contributed by atoms with Crippen LogP contribution in [0.25, 0.3) is 5.69 Å². The van der Waals surface area contributed by atoms with Crippen molar-refractivity contribution in [3.63, 3.8) is 0 Å². The summed E-state index contributed by atoms with van der Waals surface area (Å²) in [5.41, 5.74) is 0.681. The number of pyridine rings is 1. The molecule has 1 aliphatic heterocycles. The SMILES string of the molecule is O=C1N(c2ccc(OC(F)(F)F)cc2)C(=O)C2(CC2)N1Cc1ccncc1-n1cccn1. The van der Waals surface area contributed by atoms with Crippen LogP contribution in [0.5, 0.6) is 5.75 Å². The maximum absolute atomic E-state index is 13.3. The highest BCUT2D eigenvalue weighted by Gasteiger charge is 2.65. The van der Waals surface area contributed by atoms with Gasteiger partial charge < -0.3 is 9.64 Å². The highest BCUT2D eigenvalue weighted by Crippen LogP contribution is 2.50. The number of rotatable bonds is 5. The van der Waals surface area contributed by atoms with Crippen LogP contribution >= 0.6 is 0 Å². The Morgan fingerprint density at radius 2 is 1.81 bits per heavy atom. The van der Waals surface area contributed by atoms with Gasteiger partial charge in [0.25, 0.3) is 5.91 Å². The molecule has 0 atom stereocenters. The lowest BCUT2D eigenvalue weighted by molar-refractivity contribution is -0.274. The number of urea groups is 1. The van der Waals surface area contributed by atoms with Gasteiger partial charge in [-0.25, -0.2) is 14.4 Å². The molecule has 0 unspecified atom stereocenters. The third kappa shape index (κ3) is 3.35. The monoisotopic (exact) mass is 443 g/mol. The molecule has 3 aromatic rings. The van der Waals surface area contributed by atoms with Crippen molar-refractivity contribution in [2.75, 3.05) is 4.90 Å². The summed E-state index contributed by atoms with van der Waals surface area (Å²) in [6.45, 7) is 0.161. The fourth-order valence-corrected chi connectivity index (χ4v) is 3.90. The van der Waals surface area contributed by atoms with Gasteiger partial charge in [0.05, 0.1) is 24.1 Å². The van der Waals surface area contributed by atoms with E-state index in [0.717, 1.165) is 22.6 Å². The zero-order valence-electron chi connectivity index (χ0n) is 16.5. The minimum Gasteiger partial charge on any atom is -0.406 e. The lowest BCUT2D eigenvalue weighted by Crippen LogP contribution is -2.36. The number of imide groups is 1. The Morgan fingerprint density at radius 1 is 1.06 bits per heavy atom. The van der Waals surface area contributed by atoms with Crippen LogP contribution in [0.1, 0.15) is 18.4 Å². The van der Waals surface area contributed by atoms with Crippen LogP contribution in [0.3, 0.4) is 0 Å². The number of hydrogen-bond donors (Lipinski definition) is 0. The van der Waals surface area contributed by atoms with Crippen molar-refractivity contribution in [2.45, 2.75) is 31.3 Å². The fraction of sp³-hybridized carbons (Fsp3) is 0.238. The summed E-state index contributed by atoms with van der Waals surface area (Å²) < 4.78 is 42.7. The van der Waals surface area contributed by atoms with E-state index in [2.05, 4.69) is 14.8 Å². The van der Waals surface area contributed by atoms with Gasteiger partial charge in [-0.2, -0.15) is 5.10 Å². The summed E-state index contributed by atoms with van der Waals surface area (Å²) in [4.78, 5) is 33.1. The van der Waals surface area contributed by atoms with Crippen LogP contribution in [0.4, 0.5) is 23.7 Å². The van der Waals surface area contributed by atoms with Crippen molar-refractivity contribution in [3.05, 3.63) is 66.7 Å². The highest BCUT2D eigenvalue weighted by atomic mass is 19.4. The number of carbonyl (C=O) groups is 2. The van der Waals surface area contributed by atoms with Crippen molar-refractivity contribution in [1.82, 2.24) is 19.7 Å².